The second kappa shape index (κ2) is 5.97. The van der Waals surface area contributed by atoms with E-state index < -0.39 is 0 Å². The van der Waals surface area contributed by atoms with Gasteiger partial charge in [-0.15, -0.1) is 0 Å². The summed E-state index contributed by atoms with van der Waals surface area (Å²) < 4.78 is 0. The van der Waals surface area contributed by atoms with E-state index in [0.29, 0.717) is 0 Å². The molecule has 2 aromatic rings. The molecule has 0 spiro atoms. The number of hydrogen-bond acceptors (Lipinski definition) is 0. The van der Waals surface area contributed by atoms with Crippen molar-refractivity contribution in [2.24, 2.45) is 0 Å². The van der Waals surface area contributed by atoms with Gasteiger partial charge in [-0.2, -0.15) is 0 Å². The summed E-state index contributed by atoms with van der Waals surface area (Å²) in [5.41, 5.74) is 8.55. The first-order valence-corrected chi connectivity index (χ1v) is 8.36. The molecular formula is C19H19Br. The van der Waals surface area contributed by atoms with Crippen molar-refractivity contribution in [2.75, 3.05) is 5.33 Å². The molecule has 0 N–H and O–H groups in total. The smallest absolute Gasteiger partial charge is 0.00662 e. The van der Waals surface area contributed by atoms with Crippen molar-refractivity contribution in [3.05, 3.63) is 76.4 Å². The molecular weight excluding hydrogens is 308 g/mol. The van der Waals surface area contributed by atoms with Gasteiger partial charge in [0, 0.05) is 5.33 Å². The summed E-state index contributed by atoms with van der Waals surface area (Å²) in [5.74, 6) is 0. The molecule has 0 aromatic heterocycles. The van der Waals surface area contributed by atoms with Crippen molar-refractivity contribution in [3.63, 3.8) is 0 Å². The summed E-state index contributed by atoms with van der Waals surface area (Å²) in [6.07, 6.45) is 5.73. The Hall–Kier alpha value is -1.34. The summed E-state index contributed by atoms with van der Waals surface area (Å²) in [4.78, 5) is 0. The fraction of sp³-hybridized carbons (Fsp3) is 0.263. The molecule has 0 unspecified atom stereocenters. The van der Waals surface area contributed by atoms with Crippen LogP contribution in [0.2, 0.25) is 0 Å². The van der Waals surface area contributed by atoms with Crippen molar-refractivity contribution >= 4 is 21.5 Å². The molecule has 2 aromatic carbocycles. The van der Waals surface area contributed by atoms with Crippen molar-refractivity contribution in [1.29, 1.82) is 0 Å². The molecule has 1 aliphatic rings. The third-order valence-electron chi connectivity index (χ3n) is 3.98. The highest BCUT2D eigenvalue weighted by atomic mass is 79.9. The molecule has 0 amide bonds. The van der Waals surface area contributed by atoms with Crippen LogP contribution >= 0.6 is 15.9 Å². The Labute approximate surface area is 129 Å². The lowest BCUT2D eigenvalue weighted by Crippen LogP contribution is -1.93. The van der Waals surface area contributed by atoms with Gasteiger partial charge in [-0.05, 0) is 54.0 Å². The van der Waals surface area contributed by atoms with Crippen LogP contribution in [0.5, 0.6) is 0 Å². The van der Waals surface area contributed by atoms with Gasteiger partial charge in [0.05, 0.1) is 0 Å². The predicted molar refractivity (Wildman–Crippen MR) is 90.5 cm³/mol. The summed E-state index contributed by atoms with van der Waals surface area (Å²) in [6, 6.07) is 15.7. The number of halogens is 1. The molecule has 102 valence electrons. The largest absolute Gasteiger partial charge is 0.0925 e. The average molecular weight is 327 g/mol. The molecule has 0 saturated heterocycles. The van der Waals surface area contributed by atoms with Crippen LogP contribution in [0.25, 0.3) is 5.57 Å². The van der Waals surface area contributed by atoms with Gasteiger partial charge >= 0.3 is 0 Å². The molecule has 0 fully saturated rings. The van der Waals surface area contributed by atoms with E-state index in [2.05, 4.69) is 71.4 Å². The first kappa shape index (κ1) is 13.6. The maximum Gasteiger partial charge on any atom is 0.00662 e. The van der Waals surface area contributed by atoms with Crippen LogP contribution in [0.3, 0.4) is 0 Å². The first-order valence-electron chi connectivity index (χ1n) is 7.24. The standard InChI is InChI=1S/C19H19Br/c1-14-8-9-16-11-10-15-5-2-3-6-17(15)18(7-4-12-20)19(16)13-14/h2-3,5-9,13H,4,10-12H2,1H3. The summed E-state index contributed by atoms with van der Waals surface area (Å²) in [5, 5.41) is 1.01. The molecule has 3 rings (SSSR count). The van der Waals surface area contributed by atoms with Gasteiger partial charge in [0.2, 0.25) is 0 Å². The quantitative estimate of drug-likeness (QED) is 0.656. The molecule has 0 bridgehead atoms. The van der Waals surface area contributed by atoms with Crippen molar-refractivity contribution < 1.29 is 0 Å². The van der Waals surface area contributed by atoms with E-state index in [1.54, 1.807) is 0 Å². The monoisotopic (exact) mass is 326 g/mol. The Bertz CT molecular complexity index is 653. The van der Waals surface area contributed by atoms with E-state index in [1.807, 2.05) is 0 Å². The van der Waals surface area contributed by atoms with E-state index in [4.69, 9.17) is 0 Å². The van der Waals surface area contributed by atoms with Gasteiger partial charge in [-0.3, -0.25) is 0 Å². The minimum atomic E-state index is 1.01. The fourth-order valence-corrected chi connectivity index (χ4v) is 3.22. The van der Waals surface area contributed by atoms with Gasteiger partial charge in [-0.25, -0.2) is 0 Å². The lowest BCUT2D eigenvalue weighted by Gasteiger charge is -2.12. The fourth-order valence-electron chi connectivity index (χ4n) is 2.99. The molecule has 0 atom stereocenters. The van der Waals surface area contributed by atoms with E-state index >= 15 is 0 Å². The molecule has 0 heterocycles. The lowest BCUT2D eigenvalue weighted by atomic mass is 9.92. The highest BCUT2D eigenvalue weighted by molar-refractivity contribution is 9.09. The highest BCUT2D eigenvalue weighted by Crippen LogP contribution is 2.34. The van der Waals surface area contributed by atoms with Crippen LogP contribution in [0.15, 0.2) is 48.5 Å². The van der Waals surface area contributed by atoms with E-state index in [9.17, 15) is 0 Å². The Balaban J connectivity index is 2.21. The number of alkyl halides is 1. The number of hydrogen-bond donors (Lipinski definition) is 0. The third kappa shape index (κ3) is 2.60. The minimum absolute atomic E-state index is 1.01. The number of rotatable bonds is 2. The third-order valence-corrected chi connectivity index (χ3v) is 4.44. The van der Waals surface area contributed by atoms with Crippen LogP contribution in [0, 0.1) is 6.92 Å². The van der Waals surface area contributed by atoms with Gasteiger partial charge in [0.15, 0.2) is 0 Å². The van der Waals surface area contributed by atoms with Crippen molar-refractivity contribution in [3.8, 4) is 0 Å². The second-order valence-corrected chi connectivity index (χ2v) is 6.21. The van der Waals surface area contributed by atoms with Gasteiger partial charge in [0.25, 0.3) is 0 Å². The second-order valence-electron chi connectivity index (χ2n) is 5.41. The summed E-state index contributed by atoms with van der Waals surface area (Å²) in [6.45, 7) is 2.18. The number of allylic oxidation sites excluding steroid dienone is 1. The highest BCUT2D eigenvalue weighted by Gasteiger charge is 2.17. The lowest BCUT2D eigenvalue weighted by molar-refractivity contribution is 0.964. The molecule has 1 aliphatic carbocycles. The zero-order chi connectivity index (χ0) is 13.9. The molecule has 0 nitrogen and oxygen atoms in total. The Morgan fingerprint density at radius 3 is 2.55 bits per heavy atom. The SMILES string of the molecule is Cc1ccc2c(c1)C(=CCCBr)c1ccccc1CC2. The number of fused-ring (bicyclic) bond motifs is 2. The van der Waals surface area contributed by atoms with Gasteiger partial charge < -0.3 is 0 Å². The number of benzene rings is 2. The normalized spacial score (nSPS) is 15.6. The van der Waals surface area contributed by atoms with Gasteiger partial charge in [-0.1, -0.05) is 70.0 Å². The van der Waals surface area contributed by atoms with Crippen LogP contribution in [0.1, 0.15) is 34.2 Å². The molecule has 0 saturated carbocycles. The molecule has 0 aliphatic heterocycles. The zero-order valence-corrected chi connectivity index (χ0v) is 13.4. The van der Waals surface area contributed by atoms with E-state index in [1.165, 1.54) is 33.4 Å². The van der Waals surface area contributed by atoms with Crippen molar-refractivity contribution in [2.45, 2.75) is 26.2 Å². The van der Waals surface area contributed by atoms with Crippen LogP contribution in [0.4, 0.5) is 0 Å². The molecule has 1 heteroatoms. The Kier molecular flexibility index (Phi) is 4.07. The first-order chi connectivity index (χ1) is 9.79. The van der Waals surface area contributed by atoms with Crippen LogP contribution in [-0.4, -0.2) is 5.33 Å². The topological polar surface area (TPSA) is 0 Å². The van der Waals surface area contributed by atoms with E-state index in [0.717, 1.165) is 24.6 Å². The van der Waals surface area contributed by atoms with E-state index in [-0.39, 0.29) is 0 Å². The Morgan fingerprint density at radius 2 is 1.75 bits per heavy atom. The summed E-state index contributed by atoms with van der Waals surface area (Å²) >= 11 is 3.55. The zero-order valence-electron chi connectivity index (χ0n) is 11.8. The molecule has 20 heavy (non-hydrogen) atoms. The van der Waals surface area contributed by atoms with Crippen LogP contribution in [-0.2, 0) is 12.8 Å². The van der Waals surface area contributed by atoms with Gasteiger partial charge in [0.1, 0.15) is 0 Å². The maximum absolute atomic E-state index is 3.55. The van der Waals surface area contributed by atoms with Crippen LogP contribution < -0.4 is 0 Å². The minimum Gasteiger partial charge on any atom is -0.0925 e. The number of aryl methyl sites for hydroxylation is 3. The summed E-state index contributed by atoms with van der Waals surface area (Å²) in [7, 11) is 0. The Morgan fingerprint density at radius 1 is 1.00 bits per heavy atom. The van der Waals surface area contributed by atoms with Crippen molar-refractivity contribution in [1.82, 2.24) is 0 Å². The maximum atomic E-state index is 3.55. The molecule has 0 radical (unpaired) electrons. The predicted octanol–water partition coefficient (Wildman–Crippen LogP) is 5.31. The average Bonchev–Trinajstić information content (AvgIpc) is 2.62.